The molecule has 2 heterocycles. The molecule has 2 aliphatic heterocycles. The predicted octanol–water partition coefficient (Wildman–Crippen LogP) is 3.51. The van der Waals surface area contributed by atoms with Crippen molar-refractivity contribution in [2.45, 2.75) is 51.2 Å². The van der Waals surface area contributed by atoms with E-state index in [-0.39, 0.29) is 23.6 Å². The van der Waals surface area contributed by atoms with Crippen LogP contribution in [0.25, 0.3) is 0 Å². The Morgan fingerprint density at radius 2 is 1.92 bits per heavy atom. The summed E-state index contributed by atoms with van der Waals surface area (Å²) < 4.78 is 11.9. The molecule has 3 rings (SSSR count). The predicted molar refractivity (Wildman–Crippen MR) is 94.1 cm³/mol. The van der Waals surface area contributed by atoms with Crippen LogP contribution in [0.4, 0.5) is 0 Å². The fourth-order valence-electron chi connectivity index (χ4n) is 3.71. The molecule has 0 N–H and O–H groups in total. The van der Waals surface area contributed by atoms with Crippen molar-refractivity contribution < 1.29 is 14.3 Å². The first kappa shape index (κ1) is 17.4. The number of hydrogen-bond donors (Lipinski definition) is 0. The third-order valence-corrected chi connectivity index (χ3v) is 5.12. The molecule has 4 heteroatoms. The van der Waals surface area contributed by atoms with E-state index >= 15 is 0 Å². The summed E-state index contributed by atoms with van der Waals surface area (Å²) in [5, 5.41) is 0. The monoisotopic (exact) mass is 331 g/mol. The molecule has 2 fully saturated rings. The van der Waals surface area contributed by atoms with E-state index in [0.717, 1.165) is 26.1 Å². The number of carbonyl (C=O) groups is 1. The van der Waals surface area contributed by atoms with Gasteiger partial charge in [-0.2, -0.15) is 0 Å². The van der Waals surface area contributed by atoms with Crippen LogP contribution >= 0.6 is 0 Å². The lowest BCUT2D eigenvalue weighted by molar-refractivity contribution is -0.137. The first-order chi connectivity index (χ1) is 11.5. The van der Waals surface area contributed by atoms with Crippen LogP contribution < -0.4 is 0 Å². The Hall–Kier alpha value is -1.39. The molecule has 0 unspecified atom stereocenters. The highest BCUT2D eigenvalue weighted by Crippen LogP contribution is 2.31. The van der Waals surface area contributed by atoms with E-state index in [1.54, 1.807) is 0 Å². The van der Waals surface area contributed by atoms with Crippen molar-refractivity contribution in [2.24, 2.45) is 5.92 Å². The second-order valence-electron chi connectivity index (χ2n) is 7.71. The van der Waals surface area contributed by atoms with Crippen molar-refractivity contribution in [1.82, 2.24) is 4.90 Å². The number of hydrogen-bond acceptors (Lipinski definition) is 4. The van der Waals surface area contributed by atoms with Gasteiger partial charge in [0.2, 0.25) is 0 Å². The lowest BCUT2D eigenvalue weighted by atomic mass is 9.87. The Morgan fingerprint density at radius 3 is 2.62 bits per heavy atom. The molecule has 0 spiro atoms. The molecule has 1 aromatic rings. The minimum absolute atomic E-state index is 0.0802. The molecule has 0 aromatic heterocycles. The summed E-state index contributed by atoms with van der Waals surface area (Å²) in [6.45, 7) is 8.08. The van der Waals surface area contributed by atoms with Gasteiger partial charge in [-0.1, -0.05) is 24.6 Å². The zero-order valence-corrected chi connectivity index (χ0v) is 14.9. The first-order valence-electron chi connectivity index (χ1n) is 9.16. The molecular formula is C20H29NO3. The quantitative estimate of drug-likeness (QED) is 0.792. The fourth-order valence-corrected chi connectivity index (χ4v) is 3.71. The smallest absolute Gasteiger partial charge is 0.338 e. The van der Waals surface area contributed by atoms with E-state index in [9.17, 15) is 4.79 Å². The van der Waals surface area contributed by atoms with Crippen LogP contribution in [-0.2, 0) is 9.47 Å². The Kier molecular flexibility index (Phi) is 5.57. The maximum Gasteiger partial charge on any atom is 0.338 e. The molecule has 4 nitrogen and oxygen atoms in total. The minimum Gasteiger partial charge on any atom is -0.458 e. The van der Waals surface area contributed by atoms with Crippen LogP contribution in [0.5, 0.6) is 0 Å². The van der Waals surface area contributed by atoms with Gasteiger partial charge in [0, 0.05) is 18.9 Å². The number of nitrogens with zero attached hydrogens (tertiary/aromatic N) is 1. The van der Waals surface area contributed by atoms with E-state index in [2.05, 4.69) is 18.7 Å². The van der Waals surface area contributed by atoms with E-state index < -0.39 is 0 Å². The standard InChI is InChI=1S/C20H29NO3/c1-20(2)13-18(24-19(22)16-9-5-3-6-10-16)17(15-23-20)14-21-11-7-4-8-12-21/h3,5-6,9-10,17-18H,4,7-8,11-15H2,1-2H3/t17-,18-/m1/s1. The van der Waals surface area contributed by atoms with Gasteiger partial charge < -0.3 is 14.4 Å². The Balaban J connectivity index is 1.66. The molecule has 2 atom stereocenters. The van der Waals surface area contributed by atoms with Crippen molar-refractivity contribution in [3.05, 3.63) is 35.9 Å². The van der Waals surface area contributed by atoms with Gasteiger partial charge in [-0.3, -0.25) is 0 Å². The number of rotatable bonds is 4. The van der Waals surface area contributed by atoms with Gasteiger partial charge in [-0.15, -0.1) is 0 Å². The third-order valence-electron chi connectivity index (χ3n) is 5.12. The van der Waals surface area contributed by atoms with Crippen molar-refractivity contribution in [3.63, 3.8) is 0 Å². The van der Waals surface area contributed by atoms with Gasteiger partial charge in [-0.05, 0) is 51.9 Å². The van der Waals surface area contributed by atoms with Gasteiger partial charge in [0.25, 0.3) is 0 Å². The summed E-state index contributed by atoms with van der Waals surface area (Å²) in [6.07, 6.45) is 4.55. The van der Waals surface area contributed by atoms with Gasteiger partial charge in [-0.25, -0.2) is 4.79 Å². The van der Waals surface area contributed by atoms with Crippen LogP contribution in [0.2, 0.25) is 0 Å². The molecule has 24 heavy (non-hydrogen) atoms. The number of esters is 1. The highest BCUT2D eigenvalue weighted by molar-refractivity contribution is 5.89. The van der Waals surface area contributed by atoms with Gasteiger partial charge in [0.1, 0.15) is 6.10 Å². The summed E-state index contributed by atoms with van der Waals surface area (Å²) in [5.74, 6) is 0.0331. The maximum atomic E-state index is 12.5. The van der Waals surface area contributed by atoms with Crippen molar-refractivity contribution >= 4 is 5.97 Å². The minimum atomic E-state index is -0.236. The topological polar surface area (TPSA) is 38.8 Å². The fraction of sp³-hybridized carbons (Fsp3) is 0.650. The zero-order chi connectivity index (χ0) is 17.0. The highest BCUT2D eigenvalue weighted by atomic mass is 16.6. The van der Waals surface area contributed by atoms with E-state index in [1.807, 2.05) is 30.3 Å². The van der Waals surface area contributed by atoms with Gasteiger partial charge in [0.15, 0.2) is 0 Å². The highest BCUT2D eigenvalue weighted by Gasteiger charge is 2.39. The summed E-state index contributed by atoms with van der Waals surface area (Å²) >= 11 is 0. The van der Waals surface area contributed by atoms with Crippen LogP contribution in [0.15, 0.2) is 30.3 Å². The zero-order valence-electron chi connectivity index (χ0n) is 14.9. The average Bonchev–Trinajstić information content (AvgIpc) is 2.59. The number of ether oxygens (including phenoxy) is 2. The number of piperidine rings is 1. The molecule has 0 aliphatic carbocycles. The number of benzene rings is 1. The summed E-state index contributed by atoms with van der Waals surface area (Å²) in [5.41, 5.74) is 0.388. The second kappa shape index (κ2) is 7.66. The SMILES string of the molecule is CC1(C)C[C@@H](OC(=O)c2ccccc2)[C@H](CN2CCCCC2)CO1. The molecule has 0 amide bonds. The first-order valence-corrected chi connectivity index (χ1v) is 9.16. The third kappa shape index (κ3) is 4.58. The molecule has 2 aliphatic rings. The van der Waals surface area contributed by atoms with Crippen LogP contribution in [0, 0.1) is 5.92 Å². The van der Waals surface area contributed by atoms with Crippen molar-refractivity contribution in [1.29, 1.82) is 0 Å². The maximum absolute atomic E-state index is 12.5. The average molecular weight is 331 g/mol. The Bertz CT molecular complexity index is 537. The van der Waals surface area contributed by atoms with Crippen LogP contribution in [-0.4, -0.2) is 48.8 Å². The van der Waals surface area contributed by atoms with Gasteiger partial charge in [0.05, 0.1) is 17.8 Å². The summed E-state index contributed by atoms with van der Waals surface area (Å²) in [6, 6.07) is 9.28. The van der Waals surface area contributed by atoms with E-state index in [0.29, 0.717) is 12.2 Å². The molecule has 0 radical (unpaired) electrons. The van der Waals surface area contributed by atoms with E-state index in [1.165, 1.54) is 19.3 Å². The molecule has 0 bridgehead atoms. The Morgan fingerprint density at radius 1 is 1.21 bits per heavy atom. The molecule has 0 saturated carbocycles. The van der Waals surface area contributed by atoms with Crippen molar-refractivity contribution in [2.75, 3.05) is 26.2 Å². The van der Waals surface area contributed by atoms with Crippen LogP contribution in [0.1, 0.15) is 49.9 Å². The van der Waals surface area contributed by atoms with Crippen LogP contribution in [0.3, 0.4) is 0 Å². The lowest BCUT2D eigenvalue weighted by Crippen LogP contribution is -2.49. The largest absolute Gasteiger partial charge is 0.458 e. The van der Waals surface area contributed by atoms with Gasteiger partial charge >= 0.3 is 5.97 Å². The Labute approximate surface area is 145 Å². The van der Waals surface area contributed by atoms with Crippen molar-refractivity contribution in [3.8, 4) is 0 Å². The summed E-state index contributed by atoms with van der Waals surface area (Å²) in [4.78, 5) is 15.0. The lowest BCUT2D eigenvalue weighted by Gasteiger charge is -2.42. The molecule has 2 saturated heterocycles. The molecule has 1 aromatic carbocycles. The normalized spacial score (nSPS) is 27.6. The molecular weight excluding hydrogens is 302 g/mol. The van der Waals surface area contributed by atoms with E-state index in [4.69, 9.17) is 9.47 Å². The second-order valence-corrected chi connectivity index (χ2v) is 7.71. The molecule has 132 valence electrons. The number of carbonyl (C=O) groups excluding carboxylic acids is 1. The summed E-state index contributed by atoms with van der Waals surface area (Å²) in [7, 11) is 0. The number of likely N-dealkylation sites (tertiary alicyclic amines) is 1.